The number of rotatable bonds is 18. The summed E-state index contributed by atoms with van der Waals surface area (Å²) in [5.41, 5.74) is 0.617. The van der Waals surface area contributed by atoms with Crippen LogP contribution in [-0.2, 0) is 20.0 Å². The molecular formula is C38H38Cl2N2O10S2. The summed E-state index contributed by atoms with van der Waals surface area (Å²) < 4.78 is 78.7. The van der Waals surface area contributed by atoms with Crippen molar-refractivity contribution >= 4 is 54.6 Å². The molecule has 0 aromatic heterocycles. The Labute approximate surface area is 324 Å². The van der Waals surface area contributed by atoms with Crippen LogP contribution in [0.15, 0.2) is 131 Å². The molecule has 0 amide bonds. The third-order valence-electron chi connectivity index (χ3n) is 7.99. The van der Waals surface area contributed by atoms with Gasteiger partial charge < -0.3 is 29.2 Å². The molecule has 0 heterocycles. The van der Waals surface area contributed by atoms with Crippen molar-refractivity contribution in [3.8, 4) is 23.0 Å². The zero-order chi connectivity index (χ0) is 38.9. The Morgan fingerprint density at radius 3 is 1.09 bits per heavy atom. The van der Waals surface area contributed by atoms with Crippen molar-refractivity contribution in [3.05, 3.63) is 131 Å². The van der Waals surface area contributed by atoms with Crippen LogP contribution in [0.25, 0.3) is 0 Å². The summed E-state index contributed by atoms with van der Waals surface area (Å²) in [5, 5.41) is 22.6. The number of hydrogen-bond acceptors (Lipinski definition) is 10. The number of benzene rings is 5. The lowest BCUT2D eigenvalue weighted by molar-refractivity contribution is 0.113. The van der Waals surface area contributed by atoms with Gasteiger partial charge in [-0.25, -0.2) is 16.8 Å². The second kappa shape index (κ2) is 18.1. The molecule has 5 aromatic carbocycles. The third kappa shape index (κ3) is 10.3. The highest BCUT2D eigenvalue weighted by atomic mass is 35.5. The molecule has 0 aliphatic heterocycles. The summed E-state index contributed by atoms with van der Waals surface area (Å²) in [5.74, 6) is 1.79. The highest BCUT2D eigenvalue weighted by Crippen LogP contribution is 2.29. The van der Waals surface area contributed by atoms with Crippen molar-refractivity contribution in [1.29, 1.82) is 0 Å². The maximum Gasteiger partial charge on any atom is 0.264 e. The van der Waals surface area contributed by atoms with Crippen LogP contribution in [0.3, 0.4) is 0 Å². The number of ether oxygens (including phenoxy) is 4. The van der Waals surface area contributed by atoms with Crippen LogP contribution < -0.4 is 27.6 Å². The van der Waals surface area contributed by atoms with Crippen molar-refractivity contribution in [2.24, 2.45) is 0 Å². The van der Waals surface area contributed by atoms with E-state index in [9.17, 15) is 27.0 Å². The SMILES string of the molecule is COc1ccc(N(C[C@@H](O)COc2ccc(OC[C@H](O)CN(c3ccc(OC)cc3)S(=O)(=O)c3ccc(Cl)cc3)cc2)S(=O)(=O)c2ccc(Cl)cc2)cc1. The summed E-state index contributed by atoms with van der Waals surface area (Å²) in [6.07, 6.45) is -2.48. The van der Waals surface area contributed by atoms with Gasteiger partial charge in [0.1, 0.15) is 48.4 Å². The Morgan fingerprint density at radius 2 is 0.796 bits per heavy atom. The van der Waals surface area contributed by atoms with Crippen LogP contribution in [-0.4, -0.2) is 79.8 Å². The van der Waals surface area contributed by atoms with Crippen LogP contribution in [0.4, 0.5) is 11.4 Å². The van der Waals surface area contributed by atoms with E-state index in [1.165, 1.54) is 62.8 Å². The zero-order valence-corrected chi connectivity index (χ0v) is 32.3. The number of halogens is 2. The van der Waals surface area contributed by atoms with Crippen LogP contribution >= 0.6 is 23.2 Å². The number of nitrogens with zero attached hydrogens (tertiary/aromatic N) is 2. The minimum Gasteiger partial charge on any atom is -0.497 e. The second-order valence-electron chi connectivity index (χ2n) is 11.8. The van der Waals surface area contributed by atoms with Crippen molar-refractivity contribution < 1.29 is 46.0 Å². The van der Waals surface area contributed by atoms with Gasteiger partial charge in [-0.05, 0) is 121 Å². The van der Waals surface area contributed by atoms with Gasteiger partial charge in [0.15, 0.2) is 0 Å². The molecule has 0 fully saturated rings. The molecule has 0 aliphatic rings. The molecular weight excluding hydrogens is 779 g/mol. The maximum atomic E-state index is 13.7. The van der Waals surface area contributed by atoms with E-state index in [0.29, 0.717) is 44.4 Å². The summed E-state index contributed by atoms with van der Waals surface area (Å²) in [7, 11) is -5.21. The number of methoxy groups -OCH3 is 2. The lowest BCUT2D eigenvalue weighted by Crippen LogP contribution is -2.40. The minimum atomic E-state index is -4.10. The van der Waals surface area contributed by atoms with Gasteiger partial charge in [-0.3, -0.25) is 8.61 Å². The Hall–Kier alpha value is -4.70. The first-order chi connectivity index (χ1) is 25.8. The first kappa shape index (κ1) is 40.5. The average Bonchev–Trinajstić information content (AvgIpc) is 3.18. The first-order valence-corrected chi connectivity index (χ1v) is 20.0. The largest absolute Gasteiger partial charge is 0.497 e. The fourth-order valence-corrected chi connectivity index (χ4v) is 8.41. The molecule has 5 rings (SSSR count). The molecule has 12 nitrogen and oxygen atoms in total. The van der Waals surface area contributed by atoms with Gasteiger partial charge in [0.25, 0.3) is 20.0 Å². The van der Waals surface area contributed by atoms with Gasteiger partial charge in [0.2, 0.25) is 0 Å². The molecule has 0 saturated carbocycles. The van der Waals surface area contributed by atoms with Gasteiger partial charge in [-0.15, -0.1) is 0 Å². The van der Waals surface area contributed by atoms with Crippen LogP contribution in [0.2, 0.25) is 10.0 Å². The molecule has 0 bridgehead atoms. The van der Waals surface area contributed by atoms with Gasteiger partial charge >= 0.3 is 0 Å². The Kier molecular flexibility index (Phi) is 13.6. The van der Waals surface area contributed by atoms with Gasteiger partial charge in [0, 0.05) is 10.0 Å². The number of sulfonamides is 2. The predicted octanol–water partition coefficient (Wildman–Crippen LogP) is 6.28. The highest BCUT2D eigenvalue weighted by molar-refractivity contribution is 7.93. The monoisotopic (exact) mass is 816 g/mol. The summed E-state index contributed by atoms with van der Waals surface area (Å²) in [6.45, 7) is -1.13. The molecule has 0 unspecified atom stereocenters. The van der Waals surface area contributed by atoms with Crippen molar-refractivity contribution in [2.75, 3.05) is 49.1 Å². The number of hydrogen-bond donors (Lipinski definition) is 2. The van der Waals surface area contributed by atoms with E-state index in [0.717, 1.165) is 8.61 Å². The highest BCUT2D eigenvalue weighted by Gasteiger charge is 2.29. The molecule has 2 N–H and O–H groups in total. The van der Waals surface area contributed by atoms with E-state index in [1.54, 1.807) is 72.8 Å². The van der Waals surface area contributed by atoms with E-state index in [1.807, 2.05) is 0 Å². The van der Waals surface area contributed by atoms with Crippen molar-refractivity contribution in [3.63, 3.8) is 0 Å². The van der Waals surface area contributed by atoms with Crippen LogP contribution in [0, 0.1) is 0 Å². The normalized spacial score (nSPS) is 12.7. The Bertz CT molecular complexity index is 2020. The standard InChI is InChI=1S/C38H38Cl2N2O10S2/c1-49-33-11-7-29(8-12-33)41(53(45,46)37-19-3-27(39)4-20-37)23-31(43)25-51-35-15-17-36(18-16-35)52-26-32(44)24-42(30-9-13-34(50-2)14-10-30)54(47,48)38-21-5-28(40)6-22-38/h3-22,31-32,43-44H,23-26H2,1-2H3/t31-,32-/m1/s1. The number of anilines is 2. The third-order valence-corrected chi connectivity index (χ3v) is 12.1. The van der Waals surface area contributed by atoms with E-state index < -0.39 is 32.3 Å². The molecule has 0 saturated heterocycles. The van der Waals surface area contributed by atoms with Crippen molar-refractivity contribution in [2.45, 2.75) is 22.0 Å². The number of aliphatic hydroxyl groups is 2. The average molecular weight is 818 g/mol. The number of aliphatic hydroxyl groups excluding tert-OH is 2. The molecule has 5 aromatic rings. The minimum absolute atomic E-state index is 0.00633. The molecule has 54 heavy (non-hydrogen) atoms. The predicted molar refractivity (Wildman–Crippen MR) is 207 cm³/mol. The quantitative estimate of drug-likeness (QED) is 0.103. The zero-order valence-electron chi connectivity index (χ0n) is 29.2. The maximum absolute atomic E-state index is 13.7. The molecule has 0 aliphatic carbocycles. The fourth-order valence-electron chi connectivity index (χ4n) is 5.15. The molecule has 2 atom stereocenters. The molecule has 0 spiro atoms. The topological polar surface area (TPSA) is 152 Å². The van der Waals surface area contributed by atoms with E-state index in [2.05, 4.69) is 0 Å². The molecule has 0 radical (unpaired) electrons. The summed E-state index contributed by atoms with van der Waals surface area (Å²) >= 11 is 12.0. The van der Waals surface area contributed by atoms with Gasteiger partial charge in [-0.1, -0.05) is 23.2 Å². The molecule has 16 heteroatoms. The Balaban J connectivity index is 1.21. The lowest BCUT2D eigenvalue weighted by Gasteiger charge is -2.27. The fraction of sp³-hybridized carbons (Fsp3) is 0.211. The van der Waals surface area contributed by atoms with E-state index in [-0.39, 0.29) is 36.1 Å². The van der Waals surface area contributed by atoms with E-state index >= 15 is 0 Å². The smallest absolute Gasteiger partial charge is 0.264 e. The Morgan fingerprint density at radius 1 is 0.500 bits per heavy atom. The summed E-state index contributed by atoms with van der Waals surface area (Å²) in [6, 6.07) is 30.5. The van der Waals surface area contributed by atoms with Gasteiger partial charge in [-0.2, -0.15) is 0 Å². The van der Waals surface area contributed by atoms with Gasteiger partial charge in [0.05, 0.1) is 48.5 Å². The van der Waals surface area contributed by atoms with E-state index in [4.69, 9.17) is 42.1 Å². The van der Waals surface area contributed by atoms with Crippen LogP contribution in [0.5, 0.6) is 23.0 Å². The molecule has 286 valence electrons. The van der Waals surface area contributed by atoms with Crippen molar-refractivity contribution in [1.82, 2.24) is 0 Å². The summed E-state index contributed by atoms with van der Waals surface area (Å²) in [4.78, 5) is -0.0127. The lowest BCUT2D eigenvalue weighted by atomic mass is 10.2. The first-order valence-electron chi connectivity index (χ1n) is 16.4. The van der Waals surface area contributed by atoms with Crippen LogP contribution in [0.1, 0.15) is 0 Å². The second-order valence-corrected chi connectivity index (χ2v) is 16.4.